The summed E-state index contributed by atoms with van der Waals surface area (Å²) in [6.45, 7) is 4.78. The second-order valence-electron chi connectivity index (χ2n) is 7.77. The van der Waals surface area contributed by atoms with Crippen molar-refractivity contribution < 1.29 is 9.59 Å². The summed E-state index contributed by atoms with van der Waals surface area (Å²) in [5, 5.41) is 11.5. The molecule has 2 fully saturated rings. The fourth-order valence-corrected chi connectivity index (χ4v) is 4.81. The lowest BCUT2D eigenvalue weighted by atomic mass is 10.1. The molecule has 3 heterocycles. The van der Waals surface area contributed by atoms with Crippen LogP contribution in [-0.4, -0.2) is 59.3 Å². The van der Waals surface area contributed by atoms with Gasteiger partial charge in [0.2, 0.25) is 11.8 Å². The molecule has 0 saturated carbocycles. The van der Waals surface area contributed by atoms with Crippen LogP contribution in [-0.2, 0) is 22.6 Å². The van der Waals surface area contributed by atoms with Crippen LogP contribution in [0.25, 0.3) is 0 Å². The summed E-state index contributed by atoms with van der Waals surface area (Å²) in [6.07, 6.45) is 2.68. The van der Waals surface area contributed by atoms with E-state index in [1.54, 1.807) is 4.90 Å². The monoisotopic (exact) mass is 423 g/mol. The van der Waals surface area contributed by atoms with Crippen molar-refractivity contribution in [3.05, 3.63) is 46.5 Å². The minimum Gasteiger partial charge on any atom is -0.341 e. The molecular formula is C22H25N5O2S. The van der Waals surface area contributed by atoms with Gasteiger partial charge in [-0.2, -0.15) is 5.26 Å². The van der Waals surface area contributed by atoms with E-state index in [0.29, 0.717) is 23.7 Å². The summed E-state index contributed by atoms with van der Waals surface area (Å²) < 4.78 is 0. The van der Waals surface area contributed by atoms with Gasteiger partial charge in [0, 0.05) is 51.1 Å². The SMILES string of the molecule is N#Cc1ccc(CN2CCCN(C(=O)Cc3csc(N4CCCC4=O)n3)CC2)cc1. The highest BCUT2D eigenvalue weighted by Crippen LogP contribution is 2.25. The number of thiazole rings is 1. The molecule has 2 aromatic rings. The van der Waals surface area contributed by atoms with Gasteiger partial charge in [-0.05, 0) is 30.5 Å². The third-order valence-electron chi connectivity index (χ3n) is 5.61. The fraction of sp³-hybridized carbons (Fsp3) is 0.455. The van der Waals surface area contributed by atoms with E-state index in [4.69, 9.17) is 5.26 Å². The van der Waals surface area contributed by atoms with Crippen LogP contribution in [0.1, 0.15) is 36.1 Å². The van der Waals surface area contributed by atoms with Crippen molar-refractivity contribution in [1.29, 1.82) is 5.26 Å². The first-order chi connectivity index (χ1) is 14.6. The maximum atomic E-state index is 12.8. The number of hydrogen-bond acceptors (Lipinski definition) is 6. The molecule has 156 valence electrons. The maximum Gasteiger partial charge on any atom is 0.228 e. The van der Waals surface area contributed by atoms with Crippen molar-refractivity contribution in [2.75, 3.05) is 37.6 Å². The van der Waals surface area contributed by atoms with Gasteiger partial charge in [-0.3, -0.25) is 19.4 Å². The van der Waals surface area contributed by atoms with Crippen LogP contribution in [0.3, 0.4) is 0 Å². The number of anilines is 1. The van der Waals surface area contributed by atoms with Gasteiger partial charge in [-0.1, -0.05) is 12.1 Å². The van der Waals surface area contributed by atoms with E-state index in [1.165, 1.54) is 16.9 Å². The minimum atomic E-state index is 0.0971. The van der Waals surface area contributed by atoms with Crippen LogP contribution < -0.4 is 4.90 Å². The molecule has 7 nitrogen and oxygen atoms in total. The van der Waals surface area contributed by atoms with E-state index in [0.717, 1.165) is 51.3 Å². The lowest BCUT2D eigenvalue weighted by Crippen LogP contribution is -2.36. The van der Waals surface area contributed by atoms with E-state index in [1.807, 2.05) is 34.5 Å². The van der Waals surface area contributed by atoms with Crippen LogP contribution in [0.4, 0.5) is 5.13 Å². The summed E-state index contributed by atoms with van der Waals surface area (Å²) in [7, 11) is 0. The number of carbonyl (C=O) groups excluding carboxylic acids is 2. The Balaban J connectivity index is 1.29. The largest absolute Gasteiger partial charge is 0.341 e. The van der Waals surface area contributed by atoms with Crippen LogP contribution in [0.2, 0.25) is 0 Å². The molecule has 0 aliphatic carbocycles. The molecule has 30 heavy (non-hydrogen) atoms. The predicted molar refractivity (Wildman–Crippen MR) is 115 cm³/mol. The standard InChI is InChI=1S/C22H25N5O2S/c23-14-17-4-6-18(7-5-17)15-25-8-2-9-26(12-11-25)21(29)13-19-16-30-22(24-19)27-10-1-3-20(27)28/h4-7,16H,1-3,8-13,15H2. The normalized spacial score (nSPS) is 17.8. The van der Waals surface area contributed by atoms with Gasteiger partial charge in [-0.15, -0.1) is 11.3 Å². The molecule has 2 aliphatic rings. The van der Waals surface area contributed by atoms with Gasteiger partial charge in [0.05, 0.1) is 23.7 Å². The molecule has 8 heteroatoms. The van der Waals surface area contributed by atoms with E-state index in [9.17, 15) is 9.59 Å². The topological polar surface area (TPSA) is 80.5 Å². The average Bonchev–Trinajstić information content (AvgIpc) is 3.32. The highest BCUT2D eigenvalue weighted by atomic mass is 32.1. The molecule has 2 amide bonds. The Morgan fingerprint density at radius 3 is 2.67 bits per heavy atom. The first-order valence-corrected chi connectivity index (χ1v) is 11.2. The Bertz CT molecular complexity index is 949. The average molecular weight is 424 g/mol. The number of carbonyl (C=O) groups is 2. The number of benzene rings is 1. The highest BCUT2D eigenvalue weighted by Gasteiger charge is 2.25. The summed E-state index contributed by atoms with van der Waals surface area (Å²) in [6, 6.07) is 9.83. The molecule has 0 N–H and O–H groups in total. The van der Waals surface area contributed by atoms with Crippen molar-refractivity contribution in [2.24, 2.45) is 0 Å². The molecule has 0 spiro atoms. The van der Waals surface area contributed by atoms with E-state index in [2.05, 4.69) is 16.0 Å². The first-order valence-electron chi connectivity index (χ1n) is 10.4. The quantitative estimate of drug-likeness (QED) is 0.738. The van der Waals surface area contributed by atoms with E-state index < -0.39 is 0 Å². The Morgan fingerprint density at radius 2 is 1.93 bits per heavy atom. The van der Waals surface area contributed by atoms with Crippen LogP contribution >= 0.6 is 11.3 Å². The zero-order chi connectivity index (χ0) is 20.9. The molecule has 0 radical (unpaired) electrons. The summed E-state index contributed by atoms with van der Waals surface area (Å²) >= 11 is 1.44. The number of rotatable bonds is 5. The van der Waals surface area contributed by atoms with Crippen molar-refractivity contribution >= 4 is 28.3 Å². The van der Waals surface area contributed by atoms with Crippen LogP contribution in [0.5, 0.6) is 0 Å². The molecule has 0 atom stereocenters. The van der Waals surface area contributed by atoms with Crippen molar-refractivity contribution in [1.82, 2.24) is 14.8 Å². The second kappa shape index (κ2) is 9.37. The Kier molecular flexibility index (Phi) is 6.41. The molecule has 2 saturated heterocycles. The van der Waals surface area contributed by atoms with Gasteiger partial charge in [-0.25, -0.2) is 4.98 Å². The summed E-state index contributed by atoms with van der Waals surface area (Å²) in [5.74, 6) is 0.219. The van der Waals surface area contributed by atoms with Crippen molar-refractivity contribution in [2.45, 2.75) is 32.2 Å². The summed E-state index contributed by atoms with van der Waals surface area (Å²) in [5.41, 5.74) is 2.60. The van der Waals surface area contributed by atoms with Gasteiger partial charge in [0.15, 0.2) is 5.13 Å². The molecule has 0 bridgehead atoms. The smallest absolute Gasteiger partial charge is 0.228 e. The Hall–Kier alpha value is -2.76. The van der Waals surface area contributed by atoms with Gasteiger partial charge < -0.3 is 4.90 Å². The molecular weight excluding hydrogens is 398 g/mol. The summed E-state index contributed by atoms with van der Waals surface area (Å²) in [4.78, 5) is 35.2. The number of nitrogens with zero attached hydrogens (tertiary/aromatic N) is 5. The molecule has 0 unspecified atom stereocenters. The zero-order valence-electron chi connectivity index (χ0n) is 16.9. The molecule has 4 rings (SSSR count). The van der Waals surface area contributed by atoms with Gasteiger partial charge in [0.25, 0.3) is 0 Å². The maximum absolute atomic E-state index is 12.8. The molecule has 1 aromatic carbocycles. The lowest BCUT2D eigenvalue weighted by Gasteiger charge is -2.22. The van der Waals surface area contributed by atoms with Crippen molar-refractivity contribution in [3.63, 3.8) is 0 Å². The van der Waals surface area contributed by atoms with Crippen LogP contribution in [0.15, 0.2) is 29.6 Å². The highest BCUT2D eigenvalue weighted by molar-refractivity contribution is 7.14. The number of hydrogen-bond donors (Lipinski definition) is 0. The first kappa shape index (κ1) is 20.5. The van der Waals surface area contributed by atoms with Crippen LogP contribution in [0, 0.1) is 11.3 Å². The second-order valence-corrected chi connectivity index (χ2v) is 8.60. The number of aromatic nitrogens is 1. The number of amides is 2. The third kappa shape index (κ3) is 4.86. The molecule has 1 aromatic heterocycles. The number of nitriles is 1. The Morgan fingerprint density at radius 1 is 1.10 bits per heavy atom. The van der Waals surface area contributed by atoms with Gasteiger partial charge >= 0.3 is 0 Å². The van der Waals surface area contributed by atoms with E-state index in [-0.39, 0.29) is 18.2 Å². The Labute approximate surface area is 180 Å². The van der Waals surface area contributed by atoms with E-state index >= 15 is 0 Å². The minimum absolute atomic E-state index is 0.0971. The van der Waals surface area contributed by atoms with Gasteiger partial charge in [0.1, 0.15) is 0 Å². The third-order valence-corrected chi connectivity index (χ3v) is 6.52. The zero-order valence-corrected chi connectivity index (χ0v) is 17.7. The predicted octanol–water partition coefficient (Wildman–Crippen LogP) is 2.42. The fourth-order valence-electron chi connectivity index (χ4n) is 3.94. The molecule has 2 aliphatic heterocycles. The lowest BCUT2D eigenvalue weighted by molar-refractivity contribution is -0.130. The van der Waals surface area contributed by atoms with Crippen molar-refractivity contribution in [3.8, 4) is 6.07 Å².